The highest BCUT2D eigenvalue weighted by atomic mass is 16.1. The second-order valence-electron chi connectivity index (χ2n) is 5.85. The van der Waals surface area contributed by atoms with Crippen molar-refractivity contribution in [2.45, 2.75) is 33.6 Å². The maximum absolute atomic E-state index is 12.1. The first-order valence-electron chi connectivity index (χ1n) is 5.90. The maximum Gasteiger partial charge on any atom is 0.182 e. The van der Waals surface area contributed by atoms with Gasteiger partial charge in [-0.25, -0.2) is 0 Å². The monoisotopic (exact) mass is 220 g/mol. The van der Waals surface area contributed by atoms with Crippen molar-refractivity contribution in [1.29, 1.82) is 0 Å². The fourth-order valence-electron chi connectivity index (χ4n) is 2.23. The van der Waals surface area contributed by atoms with E-state index in [9.17, 15) is 4.79 Å². The van der Waals surface area contributed by atoms with Gasteiger partial charge in [0.1, 0.15) is 0 Å². The molecular formula is C13H20N2O. The molecule has 0 amide bonds. The van der Waals surface area contributed by atoms with Crippen molar-refractivity contribution < 1.29 is 4.79 Å². The van der Waals surface area contributed by atoms with E-state index in [0.717, 1.165) is 31.6 Å². The number of ketones is 1. The Kier molecular flexibility index (Phi) is 2.74. The molecule has 2 aliphatic heterocycles. The van der Waals surface area contributed by atoms with Gasteiger partial charge < -0.3 is 4.90 Å². The second-order valence-corrected chi connectivity index (χ2v) is 5.85. The van der Waals surface area contributed by atoms with Crippen LogP contribution in [0, 0.1) is 5.41 Å². The predicted molar refractivity (Wildman–Crippen MR) is 65.7 cm³/mol. The fraction of sp³-hybridized carbons (Fsp3) is 0.692. The van der Waals surface area contributed by atoms with Gasteiger partial charge in [-0.3, -0.25) is 9.79 Å². The van der Waals surface area contributed by atoms with Gasteiger partial charge in [0.05, 0.1) is 5.71 Å². The zero-order chi connectivity index (χ0) is 11.9. The zero-order valence-electron chi connectivity index (χ0n) is 10.6. The molecule has 0 fully saturated rings. The van der Waals surface area contributed by atoms with E-state index >= 15 is 0 Å². The average molecular weight is 220 g/mol. The van der Waals surface area contributed by atoms with Crippen LogP contribution in [0.3, 0.4) is 0 Å². The van der Waals surface area contributed by atoms with Crippen molar-refractivity contribution >= 4 is 11.5 Å². The summed E-state index contributed by atoms with van der Waals surface area (Å²) in [6, 6.07) is 0. The van der Waals surface area contributed by atoms with Crippen molar-refractivity contribution in [2.75, 3.05) is 20.1 Å². The zero-order valence-corrected chi connectivity index (χ0v) is 10.6. The molecule has 0 aromatic rings. The maximum atomic E-state index is 12.1. The third-order valence-electron chi connectivity index (χ3n) is 3.19. The normalized spacial score (nSPS) is 22.1. The van der Waals surface area contributed by atoms with E-state index in [2.05, 4.69) is 16.9 Å². The second kappa shape index (κ2) is 3.81. The van der Waals surface area contributed by atoms with E-state index in [-0.39, 0.29) is 11.2 Å². The lowest BCUT2D eigenvalue weighted by Crippen LogP contribution is -2.29. The quantitative estimate of drug-likeness (QED) is 0.677. The van der Waals surface area contributed by atoms with Crippen molar-refractivity contribution in [3.63, 3.8) is 0 Å². The predicted octanol–water partition coefficient (Wildman–Crippen LogP) is 2.04. The Morgan fingerprint density at radius 2 is 2.06 bits per heavy atom. The van der Waals surface area contributed by atoms with Crippen LogP contribution in [0.15, 0.2) is 16.3 Å². The smallest absolute Gasteiger partial charge is 0.182 e. The lowest BCUT2D eigenvalue weighted by molar-refractivity contribution is -0.119. The summed E-state index contributed by atoms with van der Waals surface area (Å²) in [5.74, 6) is 0.199. The van der Waals surface area contributed by atoms with E-state index in [1.807, 2.05) is 20.8 Å². The molecule has 0 spiro atoms. The highest BCUT2D eigenvalue weighted by molar-refractivity contribution is 6.42. The fourth-order valence-corrected chi connectivity index (χ4v) is 2.23. The summed E-state index contributed by atoms with van der Waals surface area (Å²) in [7, 11) is 2.12. The molecule has 2 rings (SSSR count). The average Bonchev–Trinajstić information content (AvgIpc) is 2.57. The summed E-state index contributed by atoms with van der Waals surface area (Å²) in [5, 5.41) is 0. The Balaban J connectivity index is 2.13. The number of carbonyl (C=O) groups is 1. The Hall–Kier alpha value is -0.960. The van der Waals surface area contributed by atoms with Gasteiger partial charge >= 0.3 is 0 Å². The van der Waals surface area contributed by atoms with Crippen molar-refractivity contribution in [2.24, 2.45) is 10.4 Å². The summed E-state index contributed by atoms with van der Waals surface area (Å²) < 4.78 is 0. The minimum Gasteiger partial charge on any atom is -0.302 e. The molecule has 0 unspecified atom stereocenters. The molecule has 0 aromatic carbocycles. The van der Waals surface area contributed by atoms with Gasteiger partial charge in [0.2, 0.25) is 0 Å². The molecule has 0 bridgehead atoms. The first kappa shape index (κ1) is 11.5. The number of rotatable bonds is 1. The van der Waals surface area contributed by atoms with E-state index in [1.54, 1.807) is 0 Å². The molecule has 0 saturated carbocycles. The molecule has 2 aliphatic rings. The summed E-state index contributed by atoms with van der Waals surface area (Å²) in [5.41, 5.74) is 2.99. The molecule has 0 atom stereocenters. The highest BCUT2D eigenvalue weighted by Crippen LogP contribution is 2.30. The lowest BCUT2D eigenvalue weighted by Gasteiger charge is -2.22. The summed E-state index contributed by atoms with van der Waals surface area (Å²) in [6.07, 6.45) is 1.77. The molecule has 88 valence electrons. The molecule has 0 aromatic heterocycles. The summed E-state index contributed by atoms with van der Waals surface area (Å²) in [6.45, 7) is 7.91. The van der Waals surface area contributed by atoms with Crippen LogP contribution in [0.2, 0.25) is 0 Å². The molecule has 0 N–H and O–H groups in total. The largest absolute Gasteiger partial charge is 0.302 e. The molecule has 3 heteroatoms. The van der Waals surface area contributed by atoms with Gasteiger partial charge in [0, 0.05) is 37.0 Å². The van der Waals surface area contributed by atoms with Gasteiger partial charge in [-0.05, 0) is 12.6 Å². The topological polar surface area (TPSA) is 32.7 Å². The standard InChI is InChI=1S/C13H20N2O/c1-13(2,3)12(16)11-7-9-8-15(4)6-5-10(9)14-11/h5-8H2,1-4H3. The molecule has 0 radical (unpaired) electrons. The van der Waals surface area contributed by atoms with Crippen LogP contribution in [-0.2, 0) is 4.79 Å². The Bertz CT molecular complexity index is 385. The van der Waals surface area contributed by atoms with Gasteiger partial charge in [0.25, 0.3) is 0 Å². The van der Waals surface area contributed by atoms with Crippen LogP contribution in [0.5, 0.6) is 0 Å². The van der Waals surface area contributed by atoms with E-state index in [1.165, 1.54) is 11.3 Å². The van der Waals surface area contributed by atoms with Gasteiger partial charge in [-0.1, -0.05) is 20.8 Å². The third kappa shape index (κ3) is 2.09. The van der Waals surface area contributed by atoms with Crippen molar-refractivity contribution in [3.05, 3.63) is 11.3 Å². The van der Waals surface area contributed by atoms with Crippen LogP contribution in [0.4, 0.5) is 0 Å². The SMILES string of the molecule is CN1CCC2=C(CC(C(=O)C(C)(C)C)=N2)C1. The Morgan fingerprint density at radius 3 is 2.69 bits per heavy atom. The number of hydrogen-bond acceptors (Lipinski definition) is 3. The first-order valence-corrected chi connectivity index (χ1v) is 5.90. The minimum absolute atomic E-state index is 0.199. The van der Waals surface area contributed by atoms with Gasteiger partial charge in [0.15, 0.2) is 5.78 Å². The summed E-state index contributed by atoms with van der Waals surface area (Å²) >= 11 is 0. The van der Waals surface area contributed by atoms with E-state index in [0.29, 0.717) is 0 Å². The van der Waals surface area contributed by atoms with Gasteiger partial charge in [-0.2, -0.15) is 0 Å². The molecule has 2 heterocycles. The van der Waals surface area contributed by atoms with Crippen LogP contribution in [0.25, 0.3) is 0 Å². The van der Waals surface area contributed by atoms with Crippen LogP contribution < -0.4 is 0 Å². The minimum atomic E-state index is -0.306. The summed E-state index contributed by atoms with van der Waals surface area (Å²) in [4.78, 5) is 18.9. The molecule has 16 heavy (non-hydrogen) atoms. The highest BCUT2D eigenvalue weighted by Gasteiger charge is 2.31. The molecule has 0 aliphatic carbocycles. The number of nitrogens with zero attached hydrogens (tertiary/aromatic N) is 2. The first-order chi connectivity index (χ1) is 7.38. The Labute approximate surface area is 97.2 Å². The van der Waals surface area contributed by atoms with Crippen molar-refractivity contribution in [3.8, 4) is 0 Å². The molecular weight excluding hydrogens is 200 g/mol. The number of hydrogen-bond donors (Lipinski definition) is 0. The number of Topliss-reactive ketones (excluding diaryl/α,β-unsaturated/α-hetero) is 1. The number of carbonyl (C=O) groups excluding carboxylic acids is 1. The van der Waals surface area contributed by atoms with Crippen molar-refractivity contribution in [1.82, 2.24) is 4.90 Å². The lowest BCUT2D eigenvalue weighted by atomic mass is 9.86. The van der Waals surface area contributed by atoms with Crippen LogP contribution in [0.1, 0.15) is 33.6 Å². The number of likely N-dealkylation sites (N-methyl/N-ethyl adjacent to an activating group) is 1. The number of aliphatic imine (C=N–C) groups is 1. The van der Waals surface area contributed by atoms with Crippen LogP contribution in [-0.4, -0.2) is 36.5 Å². The van der Waals surface area contributed by atoms with Crippen LogP contribution >= 0.6 is 0 Å². The van der Waals surface area contributed by atoms with Gasteiger partial charge in [-0.15, -0.1) is 0 Å². The van der Waals surface area contributed by atoms with E-state index < -0.39 is 0 Å². The molecule has 0 saturated heterocycles. The Morgan fingerprint density at radius 1 is 1.38 bits per heavy atom. The van der Waals surface area contributed by atoms with E-state index in [4.69, 9.17) is 0 Å². The molecule has 3 nitrogen and oxygen atoms in total. The third-order valence-corrected chi connectivity index (χ3v) is 3.19.